The van der Waals surface area contributed by atoms with Crippen LogP contribution < -0.4 is 15.2 Å². The zero-order valence-electron chi connectivity index (χ0n) is 11.3. The Bertz CT molecular complexity index is 549. The second kappa shape index (κ2) is 4.57. The highest BCUT2D eigenvalue weighted by Crippen LogP contribution is 2.37. The monoisotopic (exact) mass is 263 g/mol. The summed E-state index contributed by atoms with van der Waals surface area (Å²) in [7, 11) is 0. The molecular formula is C14H17NO4. The molecule has 0 aromatic heterocycles. The summed E-state index contributed by atoms with van der Waals surface area (Å²) in [5, 5.41) is 0. The maximum absolute atomic E-state index is 12.1. The van der Waals surface area contributed by atoms with Gasteiger partial charge in [0.2, 0.25) is 0 Å². The summed E-state index contributed by atoms with van der Waals surface area (Å²) < 4.78 is 11.1. The van der Waals surface area contributed by atoms with Crippen LogP contribution in [0.5, 0.6) is 11.5 Å². The smallest absolute Gasteiger partial charge is 0.255 e. The quantitative estimate of drug-likeness (QED) is 0.898. The summed E-state index contributed by atoms with van der Waals surface area (Å²) in [6.45, 7) is 5.34. The normalized spacial score (nSPS) is 16.5. The van der Waals surface area contributed by atoms with Gasteiger partial charge in [0.25, 0.3) is 5.91 Å². The van der Waals surface area contributed by atoms with Crippen molar-refractivity contribution >= 4 is 11.7 Å². The van der Waals surface area contributed by atoms with Gasteiger partial charge in [-0.25, -0.2) is 0 Å². The minimum Gasteiger partial charge on any atom is -0.486 e. The predicted molar refractivity (Wildman–Crippen MR) is 69.5 cm³/mol. The Morgan fingerprint density at radius 3 is 2.79 bits per heavy atom. The van der Waals surface area contributed by atoms with Crippen LogP contribution in [0.1, 0.15) is 36.2 Å². The number of ether oxygens (including phenoxy) is 2. The predicted octanol–water partition coefficient (Wildman–Crippen LogP) is 1.60. The number of amides is 1. The number of carbonyl (C=O) groups is 2. The molecule has 0 atom stereocenters. The van der Waals surface area contributed by atoms with E-state index in [1.165, 1.54) is 0 Å². The van der Waals surface area contributed by atoms with Crippen LogP contribution in [0.2, 0.25) is 0 Å². The molecule has 1 amide bonds. The van der Waals surface area contributed by atoms with E-state index in [1.54, 1.807) is 12.1 Å². The molecule has 1 aromatic carbocycles. The molecule has 1 heterocycles. The Morgan fingerprint density at radius 1 is 1.47 bits per heavy atom. The molecule has 1 aliphatic heterocycles. The molecule has 5 nitrogen and oxygen atoms in total. The number of aryl methyl sites for hydroxylation is 1. The first-order valence-corrected chi connectivity index (χ1v) is 6.06. The highest BCUT2D eigenvalue weighted by molar-refractivity contribution is 6.01. The number of carbonyl (C=O) groups excluding carboxylic acids is 2. The first kappa shape index (κ1) is 13.4. The van der Waals surface area contributed by atoms with Gasteiger partial charge < -0.3 is 15.2 Å². The number of hydrogen-bond donors (Lipinski definition) is 1. The molecule has 0 radical (unpaired) electrons. The fourth-order valence-corrected chi connectivity index (χ4v) is 2.21. The van der Waals surface area contributed by atoms with Crippen LogP contribution >= 0.6 is 0 Å². The van der Waals surface area contributed by atoms with Crippen LogP contribution in [0.25, 0.3) is 0 Å². The SMILES string of the molecule is Cc1cc(OCC(N)=O)cc2c1C(=O)CC(C)(C)O2. The van der Waals surface area contributed by atoms with Crippen molar-refractivity contribution < 1.29 is 19.1 Å². The van der Waals surface area contributed by atoms with Crippen molar-refractivity contribution in [2.75, 3.05) is 6.61 Å². The van der Waals surface area contributed by atoms with Gasteiger partial charge in [0.15, 0.2) is 12.4 Å². The van der Waals surface area contributed by atoms with Crippen molar-refractivity contribution in [3.8, 4) is 11.5 Å². The van der Waals surface area contributed by atoms with Crippen molar-refractivity contribution in [1.82, 2.24) is 0 Å². The van der Waals surface area contributed by atoms with Crippen LogP contribution in [0.4, 0.5) is 0 Å². The molecule has 1 aromatic rings. The maximum atomic E-state index is 12.1. The summed E-state index contributed by atoms with van der Waals surface area (Å²) >= 11 is 0. The third kappa shape index (κ3) is 2.86. The Hall–Kier alpha value is -2.04. The third-order valence-electron chi connectivity index (χ3n) is 2.91. The van der Waals surface area contributed by atoms with E-state index in [0.717, 1.165) is 5.56 Å². The number of rotatable bonds is 3. The lowest BCUT2D eigenvalue weighted by atomic mass is 9.90. The van der Waals surface area contributed by atoms with E-state index in [1.807, 2.05) is 20.8 Å². The van der Waals surface area contributed by atoms with Gasteiger partial charge in [-0.1, -0.05) is 0 Å². The van der Waals surface area contributed by atoms with E-state index in [-0.39, 0.29) is 12.4 Å². The van der Waals surface area contributed by atoms with E-state index in [9.17, 15) is 9.59 Å². The first-order valence-electron chi connectivity index (χ1n) is 6.06. The van der Waals surface area contributed by atoms with E-state index in [2.05, 4.69) is 0 Å². The summed E-state index contributed by atoms with van der Waals surface area (Å²) in [6.07, 6.45) is 0.350. The molecule has 5 heteroatoms. The minimum absolute atomic E-state index is 0.0604. The van der Waals surface area contributed by atoms with Crippen LogP contribution in [0, 0.1) is 6.92 Å². The Balaban J connectivity index is 2.37. The number of benzene rings is 1. The van der Waals surface area contributed by atoms with Gasteiger partial charge in [-0.3, -0.25) is 9.59 Å². The molecule has 0 saturated carbocycles. The van der Waals surface area contributed by atoms with Gasteiger partial charge in [0, 0.05) is 6.07 Å². The molecule has 102 valence electrons. The Morgan fingerprint density at radius 2 is 2.16 bits per heavy atom. The van der Waals surface area contributed by atoms with Gasteiger partial charge >= 0.3 is 0 Å². The number of fused-ring (bicyclic) bond motifs is 1. The number of Topliss-reactive ketones (excluding diaryl/α,β-unsaturated/α-hetero) is 1. The third-order valence-corrected chi connectivity index (χ3v) is 2.91. The van der Waals surface area contributed by atoms with Crippen molar-refractivity contribution in [3.63, 3.8) is 0 Å². The van der Waals surface area contributed by atoms with Crippen molar-refractivity contribution in [2.24, 2.45) is 5.73 Å². The van der Waals surface area contributed by atoms with Gasteiger partial charge in [0.1, 0.15) is 17.1 Å². The molecule has 0 bridgehead atoms. The van der Waals surface area contributed by atoms with Crippen LogP contribution in [-0.2, 0) is 4.79 Å². The molecule has 0 spiro atoms. The lowest BCUT2D eigenvalue weighted by Gasteiger charge is -2.32. The fraction of sp³-hybridized carbons (Fsp3) is 0.429. The lowest BCUT2D eigenvalue weighted by Crippen LogP contribution is -2.36. The van der Waals surface area contributed by atoms with E-state index >= 15 is 0 Å². The molecule has 0 fully saturated rings. The molecular weight excluding hydrogens is 246 g/mol. The number of hydrogen-bond acceptors (Lipinski definition) is 4. The van der Waals surface area contributed by atoms with E-state index < -0.39 is 11.5 Å². The standard InChI is InChI=1S/C14H17NO4/c1-8-4-9(18-7-12(15)17)5-11-13(8)10(16)6-14(2,3)19-11/h4-5H,6-7H2,1-3H3,(H2,15,17). The van der Waals surface area contributed by atoms with Gasteiger partial charge in [-0.05, 0) is 32.4 Å². The molecule has 19 heavy (non-hydrogen) atoms. The van der Waals surface area contributed by atoms with Crippen molar-refractivity contribution in [1.29, 1.82) is 0 Å². The number of nitrogens with two attached hydrogens (primary N) is 1. The maximum Gasteiger partial charge on any atom is 0.255 e. The highest BCUT2D eigenvalue weighted by Gasteiger charge is 2.33. The molecule has 1 aliphatic rings. The van der Waals surface area contributed by atoms with Gasteiger partial charge in [-0.2, -0.15) is 0 Å². The summed E-state index contributed by atoms with van der Waals surface area (Å²) in [4.78, 5) is 22.8. The van der Waals surface area contributed by atoms with Crippen LogP contribution in [0.15, 0.2) is 12.1 Å². The molecule has 0 aliphatic carbocycles. The molecule has 0 unspecified atom stereocenters. The van der Waals surface area contributed by atoms with Crippen LogP contribution in [-0.4, -0.2) is 23.9 Å². The number of primary amides is 1. The van der Waals surface area contributed by atoms with E-state index in [4.69, 9.17) is 15.2 Å². The highest BCUT2D eigenvalue weighted by atomic mass is 16.5. The number of ketones is 1. The van der Waals surface area contributed by atoms with Crippen molar-refractivity contribution in [2.45, 2.75) is 32.8 Å². The zero-order valence-corrected chi connectivity index (χ0v) is 11.3. The lowest BCUT2D eigenvalue weighted by molar-refractivity contribution is -0.119. The largest absolute Gasteiger partial charge is 0.486 e. The second-order valence-corrected chi connectivity index (χ2v) is 5.33. The topological polar surface area (TPSA) is 78.6 Å². The first-order chi connectivity index (χ1) is 8.78. The average molecular weight is 263 g/mol. The zero-order chi connectivity index (χ0) is 14.2. The second-order valence-electron chi connectivity index (χ2n) is 5.33. The Labute approximate surface area is 111 Å². The van der Waals surface area contributed by atoms with Gasteiger partial charge in [-0.15, -0.1) is 0 Å². The minimum atomic E-state index is -0.548. The summed E-state index contributed by atoms with van der Waals surface area (Å²) in [6, 6.07) is 3.34. The van der Waals surface area contributed by atoms with E-state index in [0.29, 0.717) is 23.5 Å². The fourth-order valence-electron chi connectivity index (χ4n) is 2.21. The molecule has 0 saturated heterocycles. The van der Waals surface area contributed by atoms with Gasteiger partial charge in [0.05, 0.1) is 12.0 Å². The average Bonchev–Trinajstić information content (AvgIpc) is 2.23. The Kier molecular flexibility index (Phi) is 3.22. The van der Waals surface area contributed by atoms with Crippen molar-refractivity contribution in [3.05, 3.63) is 23.3 Å². The summed E-state index contributed by atoms with van der Waals surface area (Å²) in [5.41, 5.74) is 5.87. The van der Waals surface area contributed by atoms with Crippen LogP contribution in [0.3, 0.4) is 0 Å². The molecule has 2 rings (SSSR count). The summed E-state index contributed by atoms with van der Waals surface area (Å²) in [5.74, 6) is 0.485. The molecule has 2 N–H and O–H groups in total.